The lowest BCUT2D eigenvalue weighted by atomic mass is 10.2. The highest BCUT2D eigenvalue weighted by Crippen LogP contribution is 2.20. The predicted octanol–water partition coefficient (Wildman–Crippen LogP) is 0.306. The molecule has 8 nitrogen and oxygen atoms in total. The summed E-state index contributed by atoms with van der Waals surface area (Å²) in [6, 6.07) is 6.28. The van der Waals surface area contributed by atoms with Crippen molar-refractivity contribution < 1.29 is 4.92 Å². The van der Waals surface area contributed by atoms with Crippen molar-refractivity contribution in [3.05, 3.63) is 67.0 Å². The maximum absolute atomic E-state index is 11.6. The van der Waals surface area contributed by atoms with Gasteiger partial charge in [0, 0.05) is 18.3 Å². The monoisotopic (exact) mass is 258 g/mol. The van der Waals surface area contributed by atoms with Crippen LogP contribution in [0.4, 0.5) is 5.69 Å². The number of hydrogen-bond donors (Lipinski definition) is 1. The van der Waals surface area contributed by atoms with Gasteiger partial charge in [-0.1, -0.05) is 0 Å². The molecule has 1 heterocycles. The highest BCUT2D eigenvalue weighted by Gasteiger charge is 2.16. The maximum atomic E-state index is 11.6. The summed E-state index contributed by atoms with van der Waals surface area (Å²) >= 11 is 0. The summed E-state index contributed by atoms with van der Waals surface area (Å²) in [5, 5.41) is 19.6. The molecule has 0 saturated heterocycles. The van der Waals surface area contributed by atoms with Crippen LogP contribution in [0.5, 0.6) is 0 Å². The van der Waals surface area contributed by atoms with Crippen LogP contribution in [0, 0.1) is 21.4 Å². The number of H-pyrrole nitrogens is 1. The number of hydrogen-bond acceptors (Lipinski definition) is 5. The van der Waals surface area contributed by atoms with Gasteiger partial charge in [-0.2, -0.15) is 5.26 Å². The van der Waals surface area contributed by atoms with Gasteiger partial charge in [0.1, 0.15) is 11.6 Å². The zero-order chi connectivity index (χ0) is 14.0. The second-order valence-corrected chi connectivity index (χ2v) is 3.53. The molecule has 2 aromatic rings. The normalized spacial score (nSPS) is 9.84. The molecule has 0 aliphatic rings. The van der Waals surface area contributed by atoms with E-state index in [1.54, 1.807) is 6.07 Å². The van der Waals surface area contributed by atoms with E-state index in [9.17, 15) is 19.7 Å². The number of nitriles is 1. The standard InChI is InChI=1S/C11H6N4O4/c12-6-7-1-2-8(5-9(7)15(18)19)14-10(16)3-4-13-11(14)17/h1-5H,(H,13,17). The molecule has 2 rings (SSSR count). The van der Waals surface area contributed by atoms with Gasteiger partial charge in [-0.15, -0.1) is 0 Å². The highest BCUT2D eigenvalue weighted by atomic mass is 16.6. The first-order valence-corrected chi connectivity index (χ1v) is 5.04. The molecule has 0 fully saturated rings. The van der Waals surface area contributed by atoms with Crippen molar-refractivity contribution in [1.29, 1.82) is 5.26 Å². The lowest BCUT2D eigenvalue weighted by molar-refractivity contribution is -0.385. The molecule has 1 aromatic carbocycles. The Bertz CT molecular complexity index is 784. The van der Waals surface area contributed by atoms with Crippen molar-refractivity contribution in [2.75, 3.05) is 0 Å². The van der Waals surface area contributed by atoms with Crippen molar-refractivity contribution >= 4 is 5.69 Å². The van der Waals surface area contributed by atoms with Gasteiger partial charge in [0.25, 0.3) is 11.2 Å². The number of nitrogens with zero attached hydrogens (tertiary/aromatic N) is 3. The Morgan fingerprint density at radius 2 is 2.05 bits per heavy atom. The SMILES string of the molecule is N#Cc1ccc(-n2c(=O)cc[nH]c2=O)cc1[N+](=O)[O-]. The van der Waals surface area contributed by atoms with E-state index in [-0.39, 0.29) is 11.3 Å². The second-order valence-electron chi connectivity index (χ2n) is 3.53. The molecule has 0 aliphatic carbocycles. The summed E-state index contributed by atoms with van der Waals surface area (Å²) in [6.45, 7) is 0. The molecule has 0 spiro atoms. The molecule has 0 atom stereocenters. The highest BCUT2D eigenvalue weighted by molar-refractivity contribution is 5.54. The van der Waals surface area contributed by atoms with Crippen LogP contribution in [-0.4, -0.2) is 14.5 Å². The zero-order valence-electron chi connectivity index (χ0n) is 9.36. The summed E-state index contributed by atoms with van der Waals surface area (Å²) in [5.74, 6) is 0. The minimum atomic E-state index is -0.746. The van der Waals surface area contributed by atoms with E-state index >= 15 is 0 Å². The first-order valence-electron chi connectivity index (χ1n) is 5.04. The van der Waals surface area contributed by atoms with E-state index in [0.717, 1.165) is 16.7 Å². The summed E-state index contributed by atoms with van der Waals surface area (Å²) in [5.41, 5.74) is -1.92. The zero-order valence-corrected chi connectivity index (χ0v) is 9.36. The minimum Gasteiger partial charge on any atom is -0.314 e. The average molecular weight is 258 g/mol. The third-order valence-corrected chi connectivity index (χ3v) is 2.41. The lowest BCUT2D eigenvalue weighted by Crippen LogP contribution is -2.32. The van der Waals surface area contributed by atoms with E-state index in [1.807, 2.05) is 0 Å². The van der Waals surface area contributed by atoms with Gasteiger partial charge in [0.05, 0.1) is 10.6 Å². The van der Waals surface area contributed by atoms with Crippen LogP contribution < -0.4 is 11.2 Å². The molecule has 0 aliphatic heterocycles. The number of nitro benzene ring substituents is 1. The third kappa shape index (κ3) is 2.12. The lowest BCUT2D eigenvalue weighted by Gasteiger charge is -2.03. The van der Waals surface area contributed by atoms with Gasteiger partial charge >= 0.3 is 5.69 Å². The van der Waals surface area contributed by atoms with E-state index in [4.69, 9.17) is 5.26 Å². The maximum Gasteiger partial charge on any atom is 0.332 e. The summed E-state index contributed by atoms with van der Waals surface area (Å²) < 4.78 is 0.744. The Balaban J connectivity index is 2.76. The Morgan fingerprint density at radius 1 is 1.32 bits per heavy atom. The van der Waals surface area contributed by atoms with E-state index in [2.05, 4.69) is 4.98 Å². The Morgan fingerprint density at radius 3 is 2.63 bits per heavy atom. The fourth-order valence-electron chi connectivity index (χ4n) is 1.57. The fraction of sp³-hybridized carbons (Fsp3) is 0. The van der Waals surface area contributed by atoms with Crippen LogP contribution in [0.3, 0.4) is 0 Å². The van der Waals surface area contributed by atoms with Gasteiger partial charge in [-0.25, -0.2) is 9.36 Å². The molecule has 8 heteroatoms. The van der Waals surface area contributed by atoms with Gasteiger partial charge in [-0.05, 0) is 12.1 Å². The van der Waals surface area contributed by atoms with Gasteiger partial charge in [0.15, 0.2) is 0 Å². The fourth-order valence-corrected chi connectivity index (χ4v) is 1.57. The molecule has 1 N–H and O–H groups in total. The van der Waals surface area contributed by atoms with E-state index in [0.29, 0.717) is 0 Å². The van der Waals surface area contributed by atoms with Crippen LogP contribution in [-0.2, 0) is 0 Å². The molecule has 19 heavy (non-hydrogen) atoms. The summed E-state index contributed by atoms with van der Waals surface area (Å²) in [4.78, 5) is 35.5. The number of nitrogens with one attached hydrogen (secondary N) is 1. The Hall–Kier alpha value is -3.21. The quantitative estimate of drug-likeness (QED) is 0.613. The number of aromatic nitrogens is 2. The molecular formula is C11H6N4O4. The third-order valence-electron chi connectivity index (χ3n) is 2.41. The first-order chi connectivity index (χ1) is 9.04. The van der Waals surface area contributed by atoms with Crippen LogP contribution in [0.25, 0.3) is 5.69 Å². The van der Waals surface area contributed by atoms with Gasteiger partial charge in [-0.3, -0.25) is 14.9 Å². The van der Waals surface area contributed by atoms with Crippen LogP contribution in [0.2, 0.25) is 0 Å². The number of benzene rings is 1. The van der Waals surface area contributed by atoms with Crippen LogP contribution in [0.1, 0.15) is 5.56 Å². The molecule has 0 saturated carbocycles. The van der Waals surface area contributed by atoms with Gasteiger partial charge in [0.2, 0.25) is 0 Å². The summed E-state index contributed by atoms with van der Waals surface area (Å²) in [6.07, 6.45) is 1.18. The van der Waals surface area contributed by atoms with Gasteiger partial charge < -0.3 is 4.98 Å². The van der Waals surface area contributed by atoms with E-state index < -0.39 is 21.9 Å². The molecule has 0 radical (unpaired) electrons. The smallest absolute Gasteiger partial charge is 0.314 e. The number of aromatic amines is 1. The second kappa shape index (κ2) is 4.58. The molecule has 94 valence electrons. The topological polar surface area (TPSA) is 122 Å². The van der Waals surface area contributed by atoms with Crippen molar-refractivity contribution in [3.8, 4) is 11.8 Å². The predicted molar refractivity (Wildman–Crippen MR) is 64.0 cm³/mol. The Kier molecular flexibility index (Phi) is 2.95. The van der Waals surface area contributed by atoms with Crippen molar-refractivity contribution in [1.82, 2.24) is 9.55 Å². The Labute approximate surface area is 105 Å². The van der Waals surface area contributed by atoms with Crippen LogP contribution >= 0.6 is 0 Å². The molecule has 1 aromatic heterocycles. The molecular weight excluding hydrogens is 252 g/mol. The molecule has 0 unspecified atom stereocenters. The summed E-state index contributed by atoms with van der Waals surface area (Å²) in [7, 11) is 0. The van der Waals surface area contributed by atoms with Crippen molar-refractivity contribution in [2.24, 2.45) is 0 Å². The minimum absolute atomic E-state index is 0.0255. The van der Waals surface area contributed by atoms with Crippen molar-refractivity contribution in [2.45, 2.75) is 0 Å². The largest absolute Gasteiger partial charge is 0.332 e. The van der Waals surface area contributed by atoms with Crippen molar-refractivity contribution in [3.63, 3.8) is 0 Å². The van der Waals surface area contributed by atoms with Crippen LogP contribution in [0.15, 0.2) is 40.1 Å². The molecule has 0 bridgehead atoms. The van der Waals surface area contributed by atoms with E-state index in [1.165, 1.54) is 18.3 Å². The number of rotatable bonds is 2. The first kappa shape index (κ1) is 12.3. The number of nitro groups is 1. The molecule has 0 amide bonds. The average Bonchev–Trinajstić information content (AvgIpc) is 2.38.